The van der Waals surface area contributed by atoms with Crippen LogP contribution >= 0.6 is 11.3 Å². The summed E-state index contributed by atoms with van der Waals surface area (Å²) in [4.78, 5) is 36.6. The molecule has 1 aliphatic carbocycles. The van der Waals surface area contributed by atoms with E-state index in [1.54, 1.807) is 6.07 Å². The first-order chi connectivity index (χ1) is 10.6. The molecule has 0 fully saturated rings. The van der Waals surface area contributed by atoms with E-state index in [9.17, 15) is 14.4 Å². The Balaban J connectivity index is 1.91. The first-order valence-corrected chi connectivity index (χ1v) is 7.88. The van der Waals surface area contributed by atoms with Crippen LogP contribution in [0.2, 0.25) is 0 Å². The third kappa shape index (κ3) is 2.72. The maximum Gasteiger partial charge on any atom is 0.303 e. The molecule has 0 radical (unpaired) electrons. The van der Waals surface area contributed by atoms with Crippen molar-refractivity contribution in [1.82, 2.24) is 0 Å². The van der Waals surface area contributed by atoms with Gasteiger partial charge in [-0.3, -0.25) is 14.4 Å². The fourth-order valence-electron chi connectivity index (χ4n) is 2.64. The number of carbonyl (C=O) groups is 3. The molecule has 1 heterocycles. The number of hydrogen-bond acceptors (Lipinski definition) is 4. The van der Waals surface area contributed by atoms with E-state index in [0.717, 1.165) is 23.3 Å². The molecule has 0 bridgehead atoms. The monoisotopic (exact) mass is 314 g/mol. The van der Waals surface area contributed by atoms with Gasteiger partial charge in [-0.05, 0) is 24.5 Å². The van der Waals surface area contributed by atoms with Crippen LogP contribution in [0.15, 0.2) is 30.3 Å². The molecule has 5 heteroatoms. The van der Waals surface area contributed by atoms with E-state index in [-0.39, 0.29) is 24.4 Å². The third-order valence-corrected chi connectivity index (χ3v) is 5.01. The van der Waals surface area contributed by atoms with Crippen LogP contribution in [0.1, 0.15) is 48.9 Å². The average Bonchev–Trinajstić information content (AvgIpc) is 2.89. The molecule has 0 saturated carbocycles. The van der Waals surface area contributed by atoms with E-state index in [1.165, 1.54) is 11.3 Å². The number of benzene rings is 1. The number of thiophene rings is 1. The van der Waals surface area contributed by atoms with Gasteiger partial charge in [0.2, 0.25) is 0 Å². The van der Waals surface area contributed by atoms with Crippen molar-refractivity contribution in [2.45, 2.75) is 25.7 Å². The molecule has 2 aromatic rings. The van der Waals surface area contributed by atoms with Gasteiger partial charge >= 0.3 is 5.97 Å². The summed E-state index contributed by atoms with van der Waals surface area (Å²) in [6.45, 7) is 0. The Bertz CT molecular complexity index is 773. The lowest BCUT2D eigenvalue weighted by Crippen LogP contribution is -2.04. The van der Waals surface area contributed by atoms with Gasteiger partial charge in [-0.2, -0.15) is 0 Å². The van der Waals surface area contributed by atoms with Crippen molar-refractivity contribution in [3.8, 4) is 0 Å². The number of carboxylic acids is 1. The van der Waals surface area contributed by atoms with Gasteiger partial charge in [0.25, 0.3) is 0 Å². The topological polar surface area (TPSA) is 71.4 Å². The molecule has 1 N–H and O–H groups in total. The Morgan fingerprint density at radius 1 is 1.09 bits per heavy atom. The maximum absolute atomic E-state index is 12.6. The first kappa shape index (κ1) is 14.7. The summed E-state index contributed by atoms with van der Waals surface area (Å²) in [5, 5.41) is 8.66. The van der Waals surface area contributed by atoms with Crippen molar-refractivity contribution < 1.29 is 19.5 Å². The standard InChI is InChI=1S/C17H14O4S/c18-13(6-8-16(19)20)15-9-12-14(22-15)7-5-10-3-1-2-4-11(10)17(12)21/h1-4,9H,5-8H2,(H,19,20). The summed E-state index contributed by atoms with van der Waals surface area (Å²) in [7, 11) is 0. The number of ketones is 2. The number of Topliss-reactive ketones (excluding diaryl/α,β-unsaturated/α-hetero) is 1. The van der Waals surface area contributed by atoms with Crippen molar-refractivity contribution in [3.05, 3.63) is 56.8 Å². The van der Waals surface area contributed by atoms with E-state index < -0.39 is 5.97 Å². The highest BCUT2D eigenvalue weighted by Crippen LogP contribution is 2.31. The van der Waals surface area contributed by atoms with Gasteiger partial charge in [-0.25, -0.2) is 0 Å². The summed E-state index contributed by atoms with van der Waals surface area (Å²) < 4.78 is 0. The first-order valence-electron chi connectivity index (χ1n) is 7.06. The van der Waals surface area contributed by atoms with Gasteiger partial charge < -0.3 is 5.11 Å². The summed E-state index contributed by atoms with van der Waals surface area (Å²) in [6, 6.07) is 9.17. The lowest BCUT2D eigenvalue weighted by molar-refractivity contribution is -0.136. The summed E-state index contributed by atoms with van der Waals surface area (Å²) in [6.07, 6.45) is 1.30. The highest BCUT2D eigenvalue weighted by atomic mass is 32.1. The molecule has 0 aliphatic heterocycles. The van der Waals surface area contributed by atoms with E-state index in [2.05, 4.69) is 0 Å². The number of fused-ring (bicyclic) bond motifs is 2. The zero-order valence-electron chi connectivity index (χ0n) is 11.8. The predicted molar refractivity (Wildman–Crippen MR) is 82.8 cm³/mol. The smallest absolute Gasteiger partial charge is 0.303 e. The van der Waals surface area contributed by atoms with Crippen LogP contribution < -0.4 is 0 Å². The molecule has 0 spiro atoms. The Kier molecular flexibility index (Phi) is 3.90. The molecule has 0 amide bonds. The number of hydrogen-bond donors (Lipinski definition) is 1. The van der Waals surface area contributed by atoms with E-state index in [1.807, 2.05) is 24.3 Å². The zero-order valence-corrected chi connectivity index (χ0v) is 12.6. The number of aryl methyl sites for hydroxylation is 2. The number of carboxylic acid groups (broad SMARTS) is 1. The van der Waals surface area contributed by atoms with Crippen molar-refractivity contribution in [2.75, 3.05) is 0 Å². The predicted octanol–water partition coefficient (Wildman–Crippen LogP) is 3.13. The second kappa shape index (κ2) is 5.85. The Morgan fingerprint density at radius 2 is 1.86 bits per heavy atom. The van der Waals surface area contributed by atoms with Crippen molar-refractivity contribution >= 4 is 28.9 Å². The normalized spacial score (nSPS) is 13.2. The molecule has 22 heavy (non-hydrogen) atoms. The maximum atomic E-state index is 12.6. The van der Waals surface area contributed by atoms with E-state index in [0.29, 0.717) is 16.0 Å². The fourth-order valence-corrected chi connectivity index (χ4v) is 3.76. The second-order valence-corrected chi connectivity index (χ2v) is 6.39. The molecular formula is C17H14O4S. The SMILES string of the molecule is O=C(O)CCC(=O)c1cc2c(s1)CCc1ccccc1C2=O. The minimum atomic E-state index is -0.989. The van der Waals surface area contributed by atoms with Gasteiger partial charge in [-0.1, -0.05) is 24.3 Å². The molecular weight excluding hydrogens is 300 g/mol. The average molecular weight is 314 g/mol. The molecule has 3 rings (SSSR count). The van der Waals surface area contributed by atoms with Gasteiger partial charge in [-0.15, -0.1) is 11.3 Å². The molecule has 0 unspecified atom stereocenters. The van der Waals surface area contributed by atoms with Gasteiger partial charge in [0.15, 0.2) is 11.6 Å². The van der Waals surface area contributed by atoms with Crippen molar-refractivity contribution in [3.63, 3.8) is 0 Å². The zero-order chi connectivity index (χ0) is 15.7. The van der Waals surface area contributed by atoms with Crippen LogP contribution in [0, 0.1) is 0 Å². The minimum absolute atomic E-state index is 0.0283. The fraction of sp³-hybridized carbons (Fsp3) is 0.235. The second-order valence-electron chi connectivity index (χ2n) is 5.25. The van der Waals surface area contributed by atoms with Gasteiger partial charge in [0.1, 0.15) is 0 Å². The summed E-state index contributed by atoms with van der Waals surface area (Å²) in [5.41, 5.74) is 2.33. The minimum Gasteiger partial charge on any atom is -0.481 e. The number of aliphatic carboxylic acids is 1. The molecule has 112 valence electrons. The summed E-state index contributed by atoms with van der Waals surface area (Å²) >= 11 is 1.32. The summed E-state index contributed by atoms with van der Waals surface area (Å²) in [5.74, 6) is -1.24. The van der Waals surface area contributed by atoms with Crippen LogP contribution in [-0.4, -0.2) is 22.6 Å². The number of carbonyl (C=O) groups excluding carboxylic acids is 2. The molecule has 4 nitrogen and oxygen atoms in total. The van der Waals surface area contributed by atoms with Gasteiger partial charge in [0, 0.05) is 22.4 Å². The molecule has 1 aromatic carbocycles. The van der Waals surface area contributed by atoms with E-state index in [4.69, 9.17) is 5.11 Å². The Labute approximate surface area is 131 Å². The van der Waals surface area contributed by atoms with Crippen LogP contribution in [0.25, 0.3) is 0 Å². The molecule has 1 aliphatic rings. The third-order valence-electron chi connectivity index (χ3n) is 3.78. The van der Waals surface area contributed by atoms with Crippen LogP contribution in [-0.2, 0) is 17.6 Å². The Hall–Kier alpha value is -2.27. The van der Waals surface area contributed by atoms with Gasteiger partial charge in [0.05, 0.1) is 11.3 Å². The highest BCUT2D eigenvalue weighted by Gasteiger charge is 2.25. The Morgan fingerprint density at radius 3 is 2.64 bits per heavy atom. The largest absolute Gasteiger partial charge is 0.481 e. The van der Waals surface area contributed by atoms with Crippen LogP contribution in [0.3, 0.4) is 0 Å². The van der Waals surface area contributed by atoms with E-state index >= 15 is 0 Å². The van der Waals surface area contributed by atoms with Crippen molar-refractivity contribution in [2.24, 2.45) is 0 Å². The molecule has 0 atom stereocenters. The molecule has 1 aromatic heterocycles. The van der Waals surface area contributed by atoms with Crippen LogP contribution in [0.5, 0.6) is 0 Å². The quantitative estimate of drug-likeness (QED) is 0.880. The van der Waals surface area contributed by atoms with Crippen LogP contribution in [0.4, 0.5) is 0 Å². The molecule has 0 saturated heterocycles. The van der Waals surface area contributed by atoms with Crippen molar-refractivity contribution in [1.29, 1.82) is 0 Å². The highest BCUT2D eigenvalue weighted by molar-refractivity contribution is 7.14. The lowest BCUT2D eigenvalue weighted by atomic mass is 10.0. The lowest BCUT2D eigenvalue weighted by Gasteiger charge is -2.02. The number of rotatable bonds is 4.